The molecule has 0 aliphatic heterocycles. The van der Waals surface area contributed by atoms with Crippen molar-refractivity contribution < 1.29 is 4.79 Å². The van der Waals surface area contributed by atoms with Gasteiger partial charge in [0.15, 0.2) is 5.78 Å². The second-order valence-corrected chi connectivity index (χ2v) is 4.35. The minimum absolute atomic E-state index is 0.102. The van der Waals surface area contributed by atoms with Crippen LogP contribution in [0.5, 0.6) is 0 Å². The number of carbonyl (C=O) groups excluding carboxylic acids is 1. The first-order valence-corrected chi connectivity index (χ1v) is 5.91. The Kier molecular flexibility index (Phi) is 4.51. The third-order valence-electron chi connectivity index (χ3n) is 2.99. The van der Waals surface area contributed by atoms with Gasteiger partial charge < -0.3 is 5.32 Å². The van der Waals surface area contributed by atoms with Crippen molar-refractivity contribution in [3.05, 3.63) is 34.9 Å². The van der Waals surface area contributed by atoms with E-state index in [0.29, 0.717) is 5.02 Å². The smallest absolute Gasteiger partial charge is 0.154 e. The third-order valence-corrected chi connectivity index (χ3v) is 3.32. The molecule has 0 radical (unpaired) electrons. The summed E-state index contributed by atoms with van der Waals surface area (Å²) in [5.41, 5.74) is 0.223. The van der Waals surface area contributed by atoms with Crippen LogP contribution in [0, 0.1) is 0 Å². The summed E-state index contributed by atoms with van der Waals surface area (Å²) in [6.07, 6.45) is 1.67. The van der Waals surface area contributed by atoms with Crippen molar-refractivity contribution >= 4 is 17.4 Å². The molecule has 0 amide bonds. The normalized spacial score (nSPS) is 14.5. The summed E-state index contributed by atoms with van der Waals surface area (Å²) in [4.78, 5) is 11.9. The van der Waals surface area contributed by atoms with Crippen molar-refractivity contribution in [1.29, 1.82) is 0 Å². The number of halogens is 1. The van der Waals surface area contributed by atoms with E-state index in [2.05, 4.69) is 12.2 Å². The third kappa shape index (κ3) is 2.28. The summed E-state index contributed by atoms with van der Waals surface area (Å²) >= 11 is 6.17. The zero-order valence-corrected chi connectivity index (χ0v) is 10.8. The van der Waals surface area contributed by atoms with Crippen molar-refractivity contribution in [2.75, 3.05) is 7.05 Å². The molecule has 1 atom stereocenters. The first-order valence-electron chi connectivity index (χ1n) is 5.53. The first-order chi connectivity index (χ1) is 7.58. The Balaban J connectivity index is 3.30. The second kappa shape index (κ2) is 5.46. The van der Waals surface area contributed by atoms with E-state index in [-0.39, 0.29) is 5.78 Å². The number of hydrogen-bond donors (Lipinski definition) is 1. The lowest BCUT2D eigenvalue weighted by molar-refractivity contribution is -0.123. The van der Waals surface area contributed by atoms with Crippen LogP contribution >= 0.6 is 11.6 Å². The summed E-state index contributed by atoms with van der Waals surface area (Å²) in [5, 5.41) is 3.78. The molecule has 1 rings (SSSR count). The van der Waals surface area contributed by atoms with Crippen molar-refractivity contribution in [2.24, 2.45) is 0 Å². The molecule has 16 heavy (non-hydrogen) atoms. The molecule has 0 spiro atoms. The zero-order valence-electron chi connectivity index (χ0n) is 10.0. The number of likely N-dealkylation sites (N-methyl/N-ethyl adjacent to an activating group) is 1. The molecule has 0 aliphatic carbocycles. The molecular weight excluding hydrogens is 222 g/mol. The average molecular weight is 240 g/mol. The SMILES string of the molecule is CCC[C@@](NC)(C(C)=O)c1ccccc1Cl. The molecule has 0 saturated heterocycles. The van der Waals surface area contributed by atoms with E-state index in [4.69, 9.17) is 11.6 Å². The van der Waals surface area contributed by atoms with Crippen LogP contribution in [0.15, 0.2) is 24.3 Å². The van der Waals surface area contributed by atoms with Crippen LogP contribution in [0.3, 0.4) is 0 Å². The molecule has 0 aliphatic rings. The lowest BCUT2D eigenvalue weighted by atomic mass is 9.82. The molecule has 88 valence electrons. The molecule has 0 aromatic heterocycles. The standard InChI is InChI=1S/C13H18ClNO/c1-4-9-13(15-3,10(2)16)11-7-5-6-8-12(11)14/h5-8,15H,4,9H2,1-3H3/t13-/m1/s1. The van der Waals surface area contributed by atoms with Gasteiger partial charge in [0.1, 0.15) is 5.54 Å². The Morgan fingerprint density at radius 2 is 2.06 bits per heavy atom. The Hall–Kier alpha value is -0.860. The molecule has 0 heterocycles. The van der Waals surface area contributed by atoms with E-state index in [0.717, 1.165) is 18.4 Å². The topological polar surface area (TPSA) is 29.1 Å². The molecule has 0 saturated carbocycles. The number of rotatable bonds is 5. The average Bonchev–Trinajstić information content (AvgIpc) is 2.26. The summed E-state index contributed by atoms with van der Waals surface area (Å²) in [6, 6.07) is 7.52. The highest BCUT2D eigenvalue weighted by atomic mass is 35.5. The lowest BCUT2D eigenvalue weighted by Gasteiger charge is -2.32. The summed E-state index contributed by atoms with van der Waals surface area (Å²) in [5.74, 6) is 0.102. The van der Waals surface area contributed by atoms with Gasteiger partial charge in [0.25, 0.3) is 0 Å². The van der Waals surface area contributed by atoms with E-state index in [1.54, 1.807) is 14.0 Å². The van der Waals surface area contributed by atoms with Crippen LogP contribution in [-0.2, 0) is 10.3 Å². The van der Waals surface area contributed by atoms with Gasteiger partial charge in [-0.2, -0.15) is 0 Å². The highest BCUT2D eigenvalue weighted by Crippen LogP contribution is 2.32. The van der Waals surface area contributed by atoms with Gasteiger partial charge in [-0.15, -0.1) is 0 Å². The fourth-order valence-electron chi connectivity index (χ4n) is 2.12. The van der Waals surface area contributed by atoms with Crippen LogP contribution in [-0.4, -0.2) is 12.8 Å². The van der Waals surface area contributed by atoms with Crippen molar-refractivity contribution in [3.63, 3.8) is 0 Å². The van der Waals surface area contributed by atoms with E-state index in [1.807, 2.05) is 24.3 Å². The monoisotopic (exact) mass is 239 g/mol. The molecular formula is C13H18ClNO. The fourth-order valence-corrected chi connectivity index (χ4v) is 2.42. The largest absolute Gasteiger partial charge is 0.304 e. The highest BCUT2D eigenvalue weighted by molar-refractivity contribution is 6.31. The number of hydrogen-bond acceptors (Lipinski definition) is 2. The Labute approximate surface area is 102 Å². The Morgan fingerprint density at radius 3 is 2.50 bits per heavy atom. The van der Waals surface area contributed by atoms with Crippen molar-refractivity contribution in [2.45, 2.75) is 32.2 Å². The number of ketones is 1. The Morgan fingerprint density at radius 1 is 1.44 bits per heavy atom. The summed E-state index contributed by atoms with van der Waals surface area (Å²) < 4.78 is 0. The van der Waals surface area contributed by atoms with E-state index in [1.165, 1.54) is 0 Å². The van der Waals surface area contributed by atoms with Gasteiger partial charge in [-0.05, 0) is 32.0 Å². The van der Waals surface area contributed by atoms with Gasteiger partial charge in [0.05, 0.1) is 0 Å². The minimum Gasteiger partial charge on any atom is -0.304 e. The van der Waals surface area contributed by atoms with Gasteiger partial charge in [0, 0.05) is 5.02 Å². The van der Waals surface area contributed by atoms with Crippen LogP contribution in [0.25, 0.3) is 0 Å². The van der Waals surface area contributed by atoms with Crippen LogP contribution in [0.4, 0.5) is 0 Å². The summed E-state index contributed by atoms with van der Waals surface area (Å²) in [6.45, 7) is 3.67. The lowest BCUT2D eigenvalue weighted by Crippen LogP contribution is -2.46. The van der Waals surface area contributed by atoms with E-state index >= 15 is 0 Å². The maximum atomic E-state index is 11.9. The summed E-state index contributed by atoms with van der Waals surface area (Å²) in [7, 11) is 1.81. The van der Waals surface area contributed by atoms with Gasteiger partial charge in [-0.25, -0.2) is 0 Å². The highest BCUT2D eigenvalue weighted by Gasteiger charge is 2.36. The van der Waals surface area contributed by atoms with Crippen LogP contribution in [0.1, 0.15) is 32.3 Å². The van der Waals surface area contributed by atoms with Gasteiger partial charge in [0.2, 0.25) is 0 Å². The molecule has 0 bridgehead atoms. The van der Waals surface area contributed by atoms with E-state index in [9.17, 15) is 4.79 Å². The van der Waals surface area contributed by atoms with Gasteiger partial charge >= 0.3 is 0 Å². The predicted octanol–water partition coefficient (Wildman–Crippen LogP) is 3.14. The van der Waals surface area contributed by atoms with E-state index < -0.39 is 5.54 Å². The fraction of sp³-hybridized carbons (Fsp3) is 0.462. The van der Waals surface area contributed by atoms with Crippen LogP contribution < -0.4 is 5.32 Å². The molecule has 1 N–H and O–H groups in total. The molecule has 0 unspecified atom stereocenters. The van der Waals surface area contributed by atoms with Crippen molar-refractivity contribution in [3.8, 4) is 0 Å². The minimum atomic E-state index is -0.646. The zero-order chi connectivity index (χ0) is 12.2. The number of Topliss-reactive ketones (excluding diaryl/α,β-unsaturated/α-hetero) is 1. The molecule has 0 fully saturated rings. The predicted molar refractivity (Wildman–Crippen MR) is 67.8 cm³/mol. The van der Waals surface area contributed by atoms with Crippen molar-refractivity contribution in [1.82, 2.24) is 5.32 Å². The first kappa shape index (κ1) is 13.2. The maximum Gasteiger partial charge on any atom is 0.154 e. The maximum absolute atomic E-state index is 11.9. The Bertz CT molecular complexity index is 378. The molecule has 1 aromatic carbocycles. The molecule has 2 nitrogen and oxygen atoms in total. The number of carbonyl (C=O) groups is 1. The number of benzene rings is 1. The van der Waals surface area contributed by atoms with Gasteiger partial charge in [-0.3, -0.25) is 4.79 Å². The molecule has 1 aromatic rings. The number of nitrogens with one attached hydrogen (secondary N) is 1. The second-order valence-electron chi connectivity index (χ2n) is 3.94. The van der Waals surface area contributed by atoms with Crippen LogP contribution in [0.2, 0.25) is 5.02 Å². The molecule has 3 heteroatoms. The van der Waals surface area contributed by atoms with Gasteiger partial charge in [-0.1, -0.05) is 43.1 Å². The quantitative estimate of drug-likeness (QED) is 0.855.